The van der Waals surface area contributed by atoms with E-state index in [1.54, 1.807) is 6.07 Å². The summed E-state index contributed by atoms with van der Waals surface area (Å²) in [5.41, 5.74) is 11.1. The van der Waals surface area contributed by atoms with Gasteiger partial charge < -0.3 is 10.6 Å². The Hall–Kier alpha value is -3.07. The summed E-state index contributed by atoms with van der Waals surface area (Å²) in [6.07, 6.45) is 0.787. The molecule has 1 amide bonds. The van der Waals surface area contributed by atoms with Gasteiger partial charge >= 0.3 is 0 Å². The molecule has 0 spiro atoms. The number of amides is 1. The van der Waals surface area contributed by atoms with Gasteiger partial charge in [0.25, 0.3) is 5.91 Å². The van der Waals surface area contributed by atoms with E-state index in [1.165, 1.54) is 11.1 Å². The van der Waals surface area contributed by atoms with Crippen LogP contribution in [0.25, 0.3) is 5.70 Å². The molecule has 158 valence electrons. The molecule has 1 unspecified atom stereocenters. The summed E-state index contributed by atoms with van der Waals surface area (Å²) in [5, 5.41) is 0.814. The number of carbonyl (C=O) groups is 1. The number of likely N-dealkylation sites (N-methyl/N-ethyl adjacent to an activating group) is 1. The Balaban J connectivity index is 2.02. The Morgan fingerprint density at radius 3 is 2.13 bits per heavy atom. The van der Waals surface area contributed by atoms with E-state index in [1.807, 2.05) is 66.5 Å². The van der Waals surface area contributed by atoms with Crippen LogP contribution in [-0.4, -0.2) is 30.2 Å². The SMILES string of the molecule is C/C(Cc1ccccc1)=C(/c1ccccc1)N(C)C(CN)=NC(=O)c1ccccc1P. The summed E-state index contributed by atoms with van der Waals surface area (Å²) in [6, 6.07) is 27.8. The van der Waals surface area contributed by atoms with E-state index in [9.17, 15) is 4.79 Å². The molecule has 0 radical (unpaired) electrons. The van der Waals surface area contributed by atoms with Crippen molar-refractivity contribution in [2.75, 3.05) is 13.6 Å². The van der Waals surface area contributed by atoms with Gasteiger partial charge in [-0.05, 0) is 41.4 Å². The van der Waals surface area contributed by atoms with Gasteiger partial charge in [0.15, 0.2) is 0 Å². The third-order valence-corrected chi connectivity index (χ3v) is 5.59. The highest BCUT2D eigenvalue weighted by molar-refractivity contribution is 7.27. The van der Waals surface area contributed by atoms with Crippen LogP contribution in [-0.2, 0) is 6.42 Å². The number of hydrogen-bond acceptors (Lipinski definition) is 2. The number of amidine groups is 1. The highest BCUT2D eigenvalue weighted by atomic mass is 31.0. The van der Waals surface area contributed by atoms with Crippen LogP contribution in [0.2, 0.25) is 0 Å². The van der Waals surface area contributed by atoms with Gasteiger partial charge in [-0.3, -0.25) is 4.79 Å². The zero-order valence-electron chi connectivity index (χ0n) is 18.0. The van der Waals surface area contributed by atoms with Crippen LogP contribution in [0.4, 0.5) is 0 Å². The monoisotopic (exact) mass is 429 g/mol. The van der Waals surface area contributed by atoms with E-state index >= 15 is 0 Å². The van der Waals surface area contributed by atoms with E-state index in [2.05, 4.69) is 45.4 Å². The van der Waals surface area contributed by atoms with Gasteiger partial charge in [-0.2, -0.15) is 4.99 Å². The molecule has 0 saturated heterocycles. The van der Waals surface area contributed by atoms with Gasteiger partial charge in [0.2, 0.25) is 0 Å². The number of allylic oxidation sites excluding steroid dienone is 1. The zero-order valence-corrected chi connectivity index (χ0v) is 19.1. The van der Waals surface area contributed by atoms with Crippen molar-refractivity contribution in [1.29, 1.82) is 0 Å². The van der Waals surface area contributed by atoms with Crippen LogP contribution in [0.5, 0.6) is 0 Å². The smallest absolute Gasteiger partial charge is 0.279 e. The first-order chi connectivity index (χ1) is 15.0. The van der Waals surface area contributed by atoms with Crippen LogP contribution in [0.1, 0.15) is 28.4 Å². The average molecular weight is 430 g/mol. The topological polar surface area (TPSA) is 58.7 Å². The molecule has 1 atom stereocenters. The van der Waals surface area contributed by atoms with Gasteiger partial charge in [0.05, 0.1) is 6.54 Å². The minimum absolute atomic E-state index is 0.149. The first kappa shape index (κ1) is 22.6. The van der Waals surface area contributed by atoms with Gasteiger partial charge in [-0.25, -0.2) is 0 Å². The van der Waals surface area contributed by atoms with Crippen molar-refractivity contribution in [3.63, 3.8) is 0 Å². The molecule has 0 aliphatic carbocycles. The third-order valence-electron chi connectivity index (χ3n) is 5.09. The molecule has 0 fully saturated rings. The third kappa shape index (κ3) is 5.75. The van der Waals surface area contributed by atoms with Gasteiger partial charge in [0.1, 0.15) is 5.84 Å². The molecule has 0 bridgehead atoms. The molecule has 5 heteroatoms. The molecule has 0 aromatic heterocycles. The van der Waals surface area contributed by atoms with E-state index in [0.717, 1.165) is 23.0 Å². The van der Waals surface area contributed by atoms with Crippen molar-refractivity contribution in [2.45, 2.75) is 13.3 Å². The summed E-state index contributed by atoms with van der Waals surface area (Å²) >= 11 is 0. The molecule has 2 N–H and O–H groups in total. The van der Waals surface area contributed by atoms with E-state index in [-0.39, 0.29) is 12.5 Å². The number of rotatable bonds is 6. The zero-order chi connectivity index (χ0) is 22.2. The molecular weight excluding hydrogens is 401 g/mol. The molecule has 3 aromatic rings. The fourth-order valence-electron chi connectivity index (χ4n) is 3.56. The lowest BCUT2D eigenvalue weighted by atomic mass is 10.00. The second-order valence-corrected chi connectivity index (χ2v) is 7.96. The minimum Gasteiger partial charge on any atom is -0.331 e. The second kappa shape index (κ2) is 10.8. The lowest BCUT2D eigenvalue weighted by Crippen LogP contribution is -2.33. The van der Waals surface area contributed by atoms with Crippen LogP contribution in [0.15, 0.2) is 95.5 Å². The van der Waals surface area contributed by atoms with E-state index in [0.29, 0.717) is 11.4 Å². The van der Waals surface area contributed by atoms with Crippen molar-refractivity contribution >= 4 is 32.0 Å². The minimum atomic E-state index is -0.300. The van der Waals surface area contributed by atoms with E-state index < -0.39 is 0 Å². The van der Waals surface area contributed by atoms with Gasteiger partial charge in [-0.15, -0.1) is 9.24 Å². The highest BCUT2D eigenvalue weighted by Gasteiger charge is 2.18. The Bertz CT molecular complexity index is 1090. The molecule has 0 aliphatic heterocycles. The lowest BCUT2D eigenvalue weighted by Gasteiger charge is -2.26. The largest absolute Gasteiger partial charge is 0.331 e. The normalized spacial score (nSPS) is 12.3. The maximum Gasteiger partial charge on any atom is 0.279 e. The Morgan fingerprint density at radius 2 is 1.52 bits per heavy atom. The van der Waals surface area contributed by atoms with Crippen LogP contribution in [0, 0.1) is 0 Å². The molecular formula is C26H28N3OP. The summed E-state index contributed by atoms with van der Waals surface area (Å²) in [5.74, 6) is 0.218. The number of nitrogens with zero attached hydrogens (tertiary/aromatic N) is 2. The molecule has 0 saturated carbocycles. The predicted octanol–water partition coefficient (Wildman–Crippen LogP) is 4.29. The average Bonchev–Trinajstić information content (AvgIpc) is 2.79. The molecule has 0 heterocycles. The van der Waals surface area contributed by atoms with Crippen LogP contribution in [0.3, 0.4) is 0 Å². The van der Waals surface area contributed by atoms with Crippen LogP contribution < -0.4 is 11.0 Å². The number of hydrogen-bond donors (Lipinski definition) is 1. The Kier molecular flexibility index (Phi) is 7.88. The summed E-state index contributed by atoms with van der Waals surface area (Å²) in [6.45, 7) is 2.26. The van der Waals surface area contributed by atoms with Gasteiger partial charge in [-0.1, -0.05) is 78.9 Å². The second-order valence-electron chi connectivity index (χ2n) is 7.34. The van der Waals surface area contributed by atoms with Crippen molar-refractivity contribution in [1.82, 2.24) is 4.90 Å². The fraction of sp³-hybridized carbons (Fsp3) is 0.154. The lowest BCUT2D eigenvalue weighted by molar-refractivity contribution is 0.100. The van der Waals surface area contributed by atoms with Crippen molar-refractivity contribution in [3.05, 3.63) is 107 Å². The summed E-state index contributed by atoms with van der Waals surface area (Å²) < 4.78 is 0. The fourth-order valence-corrected chi connectivity index (χ4v) is 3.89. The quantitative estimate of drug-likeness (QED) is 0.361. The van der Waals surface area contributed by atoms with Crippen molar-refractivity contribution in [3.8, 4) is 0 Å². The van der Waals surface area contributed by atoms with Gasteiger partial charge in [0, 0.05) is 18.3 Å². The Labute approximate surface area is 186 Å². The Morgan fingerprint density at radius 1 is 0.935 bits per heavy atom. The maximum atomic E-state index is 12.9. The number of benzene rings is 3. The molecule has 3 rings (SSSR count). The number of nitrogens with two attached hydrogens (primary N) is 1. The van der Waals surface area contributed by atoms with Crippen molar-refractivity contribution in [2.24, 2.45) is 10.7 Å². The standard InChI is InChI=1S/C26H28N3OP/c1-19(17-20-11-5-3-6-12-20)25(21-13-7-4-8-14-21)29(2)24(18-27)28-26(30)22-15-9-10-16-23(22)31/h3-16H,17-18,27,31H2,1-2H3/b25-19+,28-24?. The maximum absolute atomic E-state index is 12.9. The first-order valence-corrected chi connectivity index (χ1v) is 10.8. The summed E-state index contributed by atoms with van der Waals surface area (Å²) in [4.78, 5) is 19.2. The van der Waals surface area contributed by atoms with Crippen molar-refractivity contribution < 1.29 is 4.79 Å². The molecule has 3 aromatic carbocycles. The predicted molar refractivity (Wildman–Crippen MR) is 134 cm³/mol. The first-order valence-electron chi connectivity index (χ1n) is 10.2. The highest BCUT2D eigenvalue weighted by Crippen LogP contribution is 2.25. The number of carbonyl (C=O) groups excluding carboxylic acids is 1. The molecule has 31 heavy (non-hydrogen) atoms. The molecule has 0 aliphatic rings. The molecule has 4 nitrogen and oxygen atoms in total. The van der Waals surface area contributed by atoms with E-state index in [4.69, 9.17) is 5.73 Å². The van der Waals surface area contributed by atoms with Crippen LogP contribution >= 0.6 is 9.24 Å². The number of aliphatic imine (C=N–C) groups is 1. The summed E-state index contributed by atoms with van der Waals surface area (Å²) in [7, 11) is 4.50.